The van der Waals surface area contributed by atoms with Gasteiger partial charge in [-0.1, -0.05) is 42.1 Å². The van der Waals surface area contributed by atoms with Crippen LogP contribution in [0.25, 0.3) is 0 Å². The second kappa shape index (κ2) is 8.10. The lowest BCUT2D eigenvalue weighted by Gasteiger charge is -2.46. The van der Waals surface area contributed by atoms with E-state index in [1.165, 1.54) is 19.3 Å². The molecule has 1 aliphatic carbocycles. The van der Waals surface area contributed by atoms with Gasteiger partial charge in [0.15, 0.2) is 5.78 Å². The van der Waals surface area contributed by atoms with Crippen LogP contribution in [0.1, 0.15) is 56.4 Å². The van der Waals surface area contributed by atoms with Crippen LogP contribution >= 0.6 is 23.2 Å². The van der Waals surface area contributed by atoms with Gasteiger partial charge in [0.2, 0.25) is 5.91 Å². The van der Waals surface area contributed by atoms with E-state index in [1.807, 2.05) is 4.90 Å². The number of likely N-dealkylation sites (tertiary alicyclic amines) is 2. The predicted octanol–water partition coefficient (Wildman–Crippen LogP) is 4.29. The van der Waals surface area contributed by atoms with Crippen LogP contribution in [-0.4, -0.2) is 53.2 Å². The van der Waals surface area contributed by atoms with Crippen LogP contribution < -0.4 is 0 Å². The summed E-state index contributed by atoms with van der Waals surface area (Å²) < 4.78 is 0. The van der Waals surface area contributed by atoms with Crippen molar-refractivity contribution in [1.29, 1.82) is 0 Å². The monoisotopic (exact) mass is 408 g/mol. The van der Waals surface area contributed by atoms with Gasteiger partial charge in [0.25, 0.3) is 0 Å². The summed E-state index contributed by atoms with van der Waals surface area (Å²) in [6.45, 7) is 2.82. The molecule has 2 aliphatic heterocycles. The van der Waals surface area contributed by atoms with E-state index in [2.05, 4.69) is 4.90 Å². The Labute approximate surface area is 170 Å². The van der Waals surface area contributed by atoms with Crippen molar-refractivity contribution in [2.75, 3.05) is 19.6 Å². The molecule has 27 heavy (non-hydrogen) atoms. The number of nitrogens with zero attached hydrogens (tertiary/aromatic N) is 2. The van der Waals surface area contributed by atoms with Gasteiger partial charge in [-0.3, -0.25) is 14.5 Å². The van der Waals surface area contributed by atoms with Gasteiger partial charge >= 0.3 is 0 Å². The third-order valence-electron chi connectivity index (χ3n) is 6.43. The van der Waals surface area contributed by atoms with Crippen molar-refractivity contribution in [3.05, 3.63) is 33.8 Å². The van der Waals surface area contributed by atoms with Crippen molar-refractivity contribution in [3.63, 3.8) is 0 Å². The summed E-state index contributed by atoms with van der Waals surface area (Å²) in [4.78, 5) is 30.6. The van der Waals surface area contributed by atoms with E-state index in [-0.39, 0.29) is 17.7 Å². The van der Waals surface area contributed by atoms with E-state index >= 15 is 0 Å². The number of piperidine rings is 1. The van der Waals surface area contributed by atoms with Crippen molar-refractivity contribution in [3.8, 4) is 0 Å². The Balaban J connectivity index is 1.60. The lowest BCUT2D eigenvalue weighted by molar-refractivity contribution is -0.146. The minimum atomic E-state index is -0.741. The topological polar surface area (TPSA) is 40.6 Å². The number of rotatable bonds is 3. The molecule has 3 fully saturated rings. The Kier molecular flexibility index (Phi) is 5.77. The average Bonchev–Trinajstić information content (AvgIpc) is 3.19. The SMILES string of the molecule is O=C1CCN([C@@H]2CCCC[C@H]2N2CCCC2)C(=O)C1c1ccc(Cl)c(Cl)c1. The Morgan fingerprint density at radius 3 is 2.26 bits per heavy atom. The summed E-state index contributed by atoms with van der Waals surface area (Å²) in [7, 11) is 0. The first kappa shape index (κ1) is 19.2. The molecule has 2 saturated heterocycles. The Morgan fingerprint density at radius 1 is 0.852 bits per heavy atom. The smallest absolute Gasteiger partial charge is 0.237 e. The molecule has 1 aromatic rings. The highest BCUT2D eigenvalue weighted by Crippen LogP contribution is 2.35. The molecule has 1 unspecified atom stereocenters. The van der Waals surface area contributed by atoms with Gasteiger partial charge in [0.1, 0.15) is 5.92 Å². The van der Waals surface area contributed by atoms with Gasteiger partial charge in [-0.2, -0.15) is 0 Å². The molecule has 4 nitrogen and oxygen atoms in total. The zero-order valence-corrected chi connectivity index (χ0v) is 17.0. The zero-order chi connectivity index (χ0) is 19.0. The number of hydrogen-bond acceptors (Lipinski definition) is 3. The van der Waals surface area contributed by atoms with Crippen molar-refractivity contribution in [2.45, 2.75) is 62.9 Å². The summed E-state index contributed by atoms with van der Waals surface area (Å²) in [5.74, 6) is -0.807. The van der Waals surface area contributed by atoms with Crippen LogP contribution in [-0.2, 0) is 9.59 Å². The van der Waals surface area contributed by atoms with E-state index in [1.54, 1.807) is 18.2 Å². The molecule has 0 radical (unpaired) electrons. The van der Waals surface area contributed by atoms with E-state index < -0.39 is 5.92 Å². The van der Waals surface area contributed by atoms with Gasteiger partial charge < -0.3 is 4.90 Å². The number of halogens is 2. The minimum absolute atomic E-state index is 0.0110. The fourth-order valence-corrected chi connectivity index (χ4v) is 5.40. The third-order valence-corrected chi connectivity index (χ3v) is 7.17. The lowest BCUT2D eigenvalue weighted by atomic mass is 9.83. The normalized spacial score (nSPS) is 30.1. The first-order valence-corrected chi connectivity index (χ1v) is 10.8. The summed E-state index contributed by atoms with van der Waals surface area (Å²) >= 11 is 12.2. The van der Waals surface area contributed by atoms with E-state index in [0.717, 1.165) is 32.4 Å². The first-order chi connectivity index (χ1) is 13.1. The second-order valence-corrected chi connectivity index (χ2v) is 8.83. The van der Waals surface area contributed by atoms with E-state index in [4.69, 9.17) is 23.2 Å². The molecular weight excluding hydrogens is 383 g/mol. The minimum Gasteiger partial charge on any atom is -0.337 e. The maximum Gasteiger partial charge on any atom is 0.237 e. The molecule has 2 heterocycles. The Bertz CT molecular complexity index is 733. The van der Waals surface area contributed by atoms with Crippen molar-refractivity contribution < 1.29 is 9.59 Å². The van der Waals surface area contributed by atoms with Crippen LogP contribution in [0.5, 0.6) is 0 Å². The zero-order valence-electron chi connectivity index (χ0n) is 15.5. The number of ketones is 1. The molecule has 0 aromatic heterocycles. The summed E-state index contributed by atoms with van der Waals surface area (Å²) in [5.41, 5.74) is 0.664. The molecule has 1 amide bonds. The second-order valence-electron chi connectivity index (χ2n) is 8.02. The van der Waals surface area contributed by atoms with Crippen LogP contribution in [0.3, 0.4) is 0 Å². The first-order valence-electron chi connectivity index (χ1n) is 10.1. The van der Waals surface area contributed by atoms with Gasteiger partial charge in [0, 0.05) is 25.0 Å². The lowest BCUT2D eigenvalue weighted by Crippen LogP contribution is -2.58. The highest BCUT2D eigenvalue weighted by atomic mass is 35.5. The van der Waals surface area contributed by atoms with E-state index in [0.29, 0.717) is 34.6 Å². The summed E-state index contributed by atoms with van der Waals surface area (Å²) in [6.07, 6.45) is 7.50. The Morgan fingerprint density at radius 2 is 1.56 bits per heavy atom. The molecule has 0 N–H and O–H groups in total. The Hall–Kier alpha value is -1.10. The molecule has 1 aromatic carbocycles. The predicted molar refractivity (Wildman–Crippen MR) is 107 cm³/mol. The van der Waals surface area contributed by atoms with Gasteiger partial charge in [0.05, 0.1) is 10.0 Å². The fraction of sp³-hybridized carbons (Fsp3) is 0.619. The molecular formula is C21H26Cl2N2O2. The maximum atomic E-state index is 13.4. The number of hydrogen-bond donors (Lipinski definition) is 0. The maximum absolute atomic E-state index is 13.4. The summed E-state index contributed by atoms with van der Waals surface area (Å²) in [5, 5.41) is 0.828. The fourth-order valence-electron chi connectivity index (χ4n) is 5.09. The molecule has 3 aliphatic rings. The molecule has 4 rings (SSSR count). The van der Waals surface area contributed by atoms with Crippen LogP contribution in [0.2, 0.25) is 10.0 Å². The third kappa shape index (κ3) is 3.76. The molecule has 3 atom stereocenters. The number of carbonyl (C=O) groups is 2. The van der Waals surface area contributed by atoms with Crippen LogP contribution in [0.4, 0.5) is 0 Å². The average molecular weight is 409 g/mol. The van der Waals surface area contributed by atoms with Crippen molar-refractivity contribution >= 4 is 34.9 Å². The highest BCUT2D eigenvalue weighted by Gasteiger charge is 2.43. The summed E-state index contributed by atoms with van der Waals surface area (Å²) in [6, 6.07) is 5.77. The largest absolute Gasteiger partial charge is 0.337 e. The molecule has 1 saturated carbocycles. The van der Waals surface area contributed by atoms with Crippen molar-refractivity contribution in [2.24, 2.45) is 0 Å². The molecule has 0 spiro atoms. The molecule has 146 valence electrons. The highest BCUT2D eigenvalue weighted by molar-refractivity contribution is 6.42. The number of Topliss-reactive ketones (excluding diaryl/α,β-unsaturated/α-hetero) is 1. The standard InChI is InChI=1S/C21H26Cl2N2O2/c22-15-8-7-14(13-16(15)23)20-19(26)9-12-25(21(20)27)18-6-2-1-5-17(18)24-10-3-4-11-24/h7-8,13,17-18,20H,1-6,9-12H2/t17-,18-,20?/m1/s1. The number of carbonyl (C=O) groups excluding carboxylic acids is 2. The quantitative estimate of drug-likeness (QED) is 0.700. The van der Waals surface area contributed by atoms with E-state index in [9.17, 15) is 9.59 Å². The van der Waals surface area contributed by atoms with Gasteiger partial charge in [-0.05, 0) is 56.5 Å². The van der Waals surface area contributed by atoms with Crippen LogP contribution in [0, 0.1) is 0 Å². The number of benzene rings is 1. The molecule has 0 bridgehead atoms. The molecule has 6 heteroatoms. The number of amides is 1. The van der Waals surface area contributed by atoms with Crippen LogP contribution in [0.15, 0.2) is 18.2 Å². The van der Waals surface area contributed by atoms with Gasteiger partial charge in [-0.25, -0.2) is 0 Å². The van der Waals surface area contributed by atoms with Gasteiger partial charge in [-0.15, -0.1) is 0 Å². The van der Waals surface area contributed by atoms with Crippen molar-refractivity contribution in [1.82, 2.24) is 9.80 Å².